The van der Waals surface area contributed by atoms with Gasteiger partial charge in [0.15, 0.2) is 5.78 Å². The zero-order chi connectivity index (χ0) is 33.2. The second kappa shape index (κ2) is 13.5. The number of carbonyl (C=O) groups is 3. The van der Waals surface area contributed by atoms with Crippen molar-refractivity contribution in [2.75, 3.05) is 20.2 Å². The van der Waals surface area contributed by atoms with E-state index in [4.69, 9.17) is 21.4 Å². The van der Waals surface area contributed by atoms with Crippen LogP contribution in [0.3, 0.4) is 0 Å². The number of carbonyl (C=O) groups excluding carboxylic acids is 3. The molecule has 0 atom stereocenters. The van der Waals surface area contributed by atoms with Crippen molar-refractivity contribution in [3.8, 4) is 11.4 Å². The number of ether oxygens (including phenoxy) is 1. The largest absolute Gasteiger partial charge is 0.486 e. The molecule has 0 bridgehead atoms. The van der Waals surface area contributed by atoms with Gasteiger partial charge in [-0.05, 0) is 102 Å². The molecular weight excluding hydrogens is 686 g/mol. The van der Waals surface area contributed by atoms with Crippen molar-refractivity contribution < 1.29 is 19.1 Å². The molecule has 5 aromatic rings. The Morgan fingerprint density at radius 2 is 1.72 bits per heavy atom. The molecule has 12 heteroatoms. The molecule has 0 radical (unpaired) electrons. The van der Waals surface area contributed by atoms with Crippen LogP contribution >= 0.6 is 27.5 Å². The van der Waals surface area contributed by atoms with Crippen LogP contribution in [0.15, 0.2) is 82.2 Å². The van der Waals surface area contributed by atoms with Gasteiger partial charge in [0.05, 0.1) is 29.1 Å². The summed E-state index contributed by atoms with van der Waals surface area (Å²) in [6.45, 7) is 2.06. The fourth-order valence-electron chi connectivity index (χ4n) is 5.74. The van der Waals surface area contributed by atoms with Crippen LogP contribution < -0.4 is 15.6 Å². The molecule has 240 valence electrons. The Morgan fingerprint density at radius 3 is 2.40 bits per heavy atom. The van der Waals surface area contributed by atoms with Gasteiger partial charge in [0.25, 0.3) is 17.4 Å². The molecule has 1 aliphatic rings. The molecule has 0 unspecified atom stereocenters. The lowest BCUT2D eigenvalue weighted by Crippen LogP contribution is -2.41. The number of Topliss-reactive ketones (excluding diaryl/α,β-unsaturated/α-hetero) is 1. The summed E-state index contributed by atoms with van der Waals surface area (Å²) in [5.74, 6) is 0.156. The van der Waals surface area contributed by atoms with Gasteiger partial charge in [0.1, 0.15) is 18.0 Å². The second-order valence-electron chi connectivity index (χ2n) is 11.3. The van der Waals surface area contributed by atoms with Crippen LogP contribution in [0.2, 0.25) is 5.02 Å². The number of nitrogens with one attached hydrogen (secondary N) is 1. The summed E-state index contributed by atoms with van der Waals surface area (Å²) in [5.41, 5.74) is 5.09. The Labute approximate surface area is 284 Å². The van der Waals surface area contributed by atoms with Gasteiger partial charge in [0.2, 0.25) is 0 Å². The van der Waals surface area contributed by atoms with Crippen molar-refractivity contribution in [3.63, 3.8) is 0 Å². The molecule has 2 aromatic heterocycles. The fourth-order valence-corrected chi connectivity index (χ4v) is 6.17. The zero-order valence-electron chi connectivity index (χ0n) is 25.8. The number of benzene rings is 3. The highest BCUT2D eigenvalue weighted by atomic mass is 79.9. The maximum absolute atomic E-state index is 14.3. The molecule has 2 amide bonds. The Morgan fingerprint density at radius 1 is 1.00 bits per heavy atom. The van der Waals surface area contributed by atoms with Crippen LogP contribution in [0.25, 0.3) is 11.3 Å². The van der Waals surface area contributed by atoms with E-state index in [2.05, 4.69) is 21.2 Å². The number of hydrogen-bond donors (Lipinski definition) is 1. The van der Waals surface area contributed by atoms with Gasteiger partial charge in [-0.2, -0.15) is 5.10 Å². The minimum Gasteiger partial charge on any atom is -0.486 e. The number of aromatic nitrogens is 3. The summed E-state index contributed by atoms with van der Waals surface area (Å²) in [4.78, 5) is 53.0. The van der Waals surface area contributed by atoms with Gasteiger partial charge in [-0.1, -0.05) is 23.7 Å². The topological polar surface area (TPSA) is 115 Å². The SMILES string of the molecule is CNC(=O)c1ccc(-n2c(=O)c3c(n4ncc(CCc5ccc(OCC(C)=O)cc5)c24)CN(C(=O)c2ccc(Br)c(Cl)c2)CC3)cc1. The molecule has 47 heavy (non-hydrogen) atoms. The lowest BCUT2D eigenvalue weighted by molar-refractivity contribution is -0.118. The summed E-state index contributed by atoms with van der Waals surface area (Å²) in [6.07, 6.45) is 3.35. The van der Waals surface area contributed by atoms with E-state index in [1.165, 1.54) is 6.92 Å². The summed E-state index contributed by atoms with van der Waals surface area (Å²) >= 11 is 9.65. The smallest absolute Gasteiger partial charge is 0.261 e. The minimum atomic E-state index is -0.223. The summed E-state index contributed by atoms with van der Waals surface area (Å²) in [6, 6.07) is 19.5. The van der Waals surface area contributed by atoms with Crippen molar-refractivity contribution in [2.24, 2.45) is 0 Å². The first-order valence-electron chi connectivity index (χ1n) is 15.1. The van der Waals surface area contributed by atoms with Gasteiger partial charge in [-0.3, -0.25) is 23.7 Å². The molecule has 1 N–H and O–H groups in total. The highest BCUT2D eigenvalue weighted by Gasteiger charge is 2.29. The van der Waals surface area contributed by atoms with Gasteiger partial charge in [-0.25, -0.2) is 4.52 Å². The average Bonchev–Trinajstić information content (AvgIpc) is 3.51. The number of hydrogen-bond acceptors (Lipinski definition) is 6. The molecule has 3 heterocycles. The molecule has 1 aliphatic heterocycles. The van der Waals surface area contributed by atoms with E-state index in [1.54, 1.807) is 69.7 Å². The maximum Gasteiger partial charge on any atom is 0.261 e. The molecular formula is C35H31BrClN5O5. The predicted molar refractivity (Wildman–Crippen MR) is 182 cm³/mol. The Balaban J connectivity index is 1.38. The van der Waals surface area contributed by atoms with Crippen LogP contribution in [-0.2, 0) is 30.6 Å². The number of rotatable bonds is 9. The number of nitrogens with zero attached hydrogens (tertiary/aromatic N) is 4. The first kappa shape index (κ1) is 32.2. The number of ketones is 1. The molecule has 0 saturated heterocycles. The third-order valence-corrected chi connectivity index (χ3v) is 9.42. The van der Waals surface area contributed by atoms with Gasteiger partial charge < -0.3 is 15.0 Å². The van der Waals surface area contributed by atoms with Gasteiger partial charge >= 0.3 is 0 Å². The maximum atomic E-state index is 14.3. The zero-order valence-corrected chi connectivity index (χ0v) is 28.1. The van der Waals surface area contributed by atoms with Crippen molar-refractivity contribution in [3.05, 3.63) is 126 Å². The molecule has 0 spiro atoms. The quantitative estimate of drug-likeness (QED) is 0.224. The lowest BCUT2D eigenvalue weighted by Gasteiger charge is -2.30. The Hall–Kier alpha value is -4.74. The third kappa shape index (κ3) is 6.59. The molecule has 6 rings (SSSR count). The average molecular weight is 717 g/mol. The highest BCUT2D eigenvalue weighted by Crippen LogP contribution is 2.27. The van der Waals surface area contributed by atoms with Crippen molar-refractivity contribution in [1.82, 2.24) is 24.4 Å². The second-order valence-corrected chi connectivity index (χ2v) is 12.6. The molecule has 0 saturated carbocycles. The van der Waals surface area contributed by atoms with Crippen molar-refractivity contribution >= 4 is 50.8 Å². The number of fused-ring (bicyclic) bond motifs is 3. The van der Waals surface area contributed by atoms with Crippen LogP contribution in [0.1, 0.15) is 50.0 Å². The van der Waals surface area contributed by atoms with E-state index in [9.17, 15) is 19.2 Å². The first-order valence-corrected chi connectivity index (χ1v) is 16.2. The summed E-state index contributed by atoms with van der Waals surface area (Å²) in [7, 11) is 1.57. The highest BCUT2D eigenvalue weighted by molar-refractivity contribution is 9.10. The first-order chi connectivity index (χ1) is 22.6. The number of halogens is 2. The van der Waals surface area contributed by atoms with Crippen LogP contribution in [0.5, 0.6) is 5.75 Å². The number of aryl methyl sites for hydroxylation is 2. The molecule has 10 nitrogen and oxygen atoms in total. The van der Waals surface area contributed by atoms with E-state index < -0.39 is 0 Å². The Kier molecular flexibility index (Phi) is 9.28. The van der Waals surface area contributed by atoms with E-state index in [1.807, 2.05) is 24.3 Å². The van der Waals surface area contributed by atoms with Gasteiger partial charge in [0, 0.05) is 40.3 Å². The van der Waals surface area contributed by atoms with Gasteiger partial charge in [-0.15, -0.1) is 0 Å². The van der Waals surface area contributed by atoms with E-state index in [-0.39, 0.29) is 36.3 Å². The molecule has 0 fully saturated rings. The summed E-state index contributed by atoms with van der Waals surface area (Å²) < 4.78 is 9.62. The molecule has 0 aliphatic carbocycles. The number of amides is 2. The normalized spacial score (nSPS) is 12.6. The van der Waals surface area contributed by atoms with Crippen LogP contribution in [0.4, 0.5) is 0 Å². The van der Waals surface area contributed by atoms with Crippen LogP contribution in [0, 0.1) is 0 Å². The monoisotopic (exact) mass is 715 g/mol. The fraction of sp³-hybridized carbons (Fsp3) is 0.229. The third-order valence-electron chi connectivity index (χ3n) is 8.18. The van der Waals surface area contributed by atoms with E-state index >= 15 is 0 Å². The Bertz CT molecular complexity index is 2070. The molecule has 3 aromatic carbocycles. The minimum absolute atomic E-state index is 0.0214. The van der Waals surface area contributed by atoms with E-state index in [0.717, 1.165) is 11.1 Å². The predicted octanol–water partition coefficient (Wildman–Crippen LogP) is 5.21. The lowest BCUT2D eigenvalue weighted by atomic mass is 10.0. The van der Waals surface area contributed by atoms with Crippen LogP contribution in [-0.4, -0.2) is 56.9 Å². The summed E-state index contributed by atoms with van der Waals surface area (Å²) in [5, 5.41) is 7.81. The van der Waals surface area contributed by atoms with Crippen molar-refractivity contribution in [1.29, 1.82) is 0 Å². The van der Waals surface area contributed by atoms with Crippen molar-refractivity contribution in [2.45, 2.75) is 32.7 Å². The van der Waals surface area contributed by atoms with E-state index in [0.29, 0.717) is 74.8 Å². The standard InChI is InChI=1S/C35H31BrClN5O5/c1-21(43)20-47-27-12-4-22(5-13-27)3-6-25-18-39-42-31-19-40(34(45)24-9-14-29(36)30(37)17-24)16-15-28(31)35(46)41(33(25)42)26-10-7-23(8-11-26)32(44)38-2/h4-5,7-14,17-18H,3,6,15-16,19-20H2,1-2H3,(H,38,44).